The largest absolute Gasteiger partial charge is 0.394 e. The van der Waals surface area contributed by atoms with Gasteiger partial charge in [0.25, 0.3) is 0 Å². The van der Waals surface area contributed by atoms with Crippen LogP contribution in [-0.4, -0.2) is 88.1 Å². The van der Waals surface area contributed by atoms with Gasteiger partial charge in [0, 0.05) is 38.8 Å². The maximum atomic E-state index is 9.76. The van der Waals surface area contributed by atoms with Crippen molar-refractivity contribution in [1.82, 2.24) is 24.4 Å². The van der Waals surface area contributed by atoms with Gasteiger partial charge >= 0.3 is 0 Å². The Kier molecular flexibility index (Phi) is 5.93. The van der Waals surface area contributed by atoms with Crippen molar-refractivity contribution in [2.45, 2.75) is 38.8 Å². The summed E-state index contributed by atoms with van der Waals surface area (Å²) in [4.78, 5) is 18.5. The summed E-state index contributed by atoms with van der Waals surface area (Å²) in [6.45, 7) is 10.7. The van der Waals surface area contributed by atoms with Crippen LogP contribution < -0.4 is 10.2 Å². The minimum Gasteiger partial charge on any atom is -0.394 e. The van der Waals surface area contributed by atoms with Gasteiger partial charge in [0.05, 0.1) is 25.9 Å². The van der Waals surface area contributed by atoms with Gasteiger partial charge in [-0.25, -0.2) is 15.0 Å². The van der Waals surface area contributed by atoms with Gasteiger partial charge < -0.3 is 20.1 Å². The summed E-state index contributed by atoms with van der Waals surface area (Å²) in [5.41, 5.74) is 1.65. The maximum absolute atomic E-state index is 9.76. The average Bonchev–Trinajstić information content (AvgIpc) is 3.33. The molecule has 2 fully saturated rings. The lowest BCUT2D eigenvalue weighted by Gasteiger charge is -2.26. The topological polar surface area (TPSA) is 91.6 Å². The van der Waals surface area contributed by atoms with Crippen LogP contribution in [-0.2, 0) is 4.74 Å². The molecule has 0 amide bonds. The van der Waals surface area contributed by atoms with E-state index in [9.17, 15) is 5.11 Å². The molecule has 2 saturated heterocycles. The van der Waals surface area contributed by atoms with Crippen LogP contribution in [0.2, 0.25) is 0 Å². The van der Waals surface area contributed by atoms with Crippen LogP contribution in [0, 0.1) is 0 Å². The number of fused-ring (bicyclic) bond motifs is 1. The highest BCUT2D eigenvalue weighted by Crippen LogP contribution is 2.32. The molecular weight excluding hydrogens is 358 g/mol. The SMILES string of the molecule is CC(C)n1c(N2CCCC2CO)nc2c(NCCN3CCOCC3)ncnc21. The lowest BCUT2D eigenvalue weighted by molar-refractivity contribution is 0.0398. The van der Waals surface area contributed by atoms with Gasteiger partial charge in [-0.05, 0) is 26.7 Å². The van der Waals surface area contributed by atoms with Gasteiger partial charge in [0.2, 0.25) is 5.95 Å². The molecule has 2 aromatic rings. The first-order valence-electron chi connectivity index (χ1n) is 10.3. The lowest BCUT2D eigenvalue weighted by atomic mass is 10.2. The van der Waals surface area contributed by atoms with E-state index in [1.54, 1.807) is 6.33 Å². The molecule has 0 aromatic carbocycles. The molecule has 0 saturated carbocycles. The molecule has 2 aliphatic rings. The Hall–Kier alpha value is -1.97. The van der Waals surface area contributed by atoms with E-state index in [1.807, 2.05) is 0 Å². The fraction of sp³-hybridized carbons (Fsp3) is 0.737. The Morgan fingerprint density at radius 1 is 1.25 bits per heavy atom. The molecule has 28 heavy (non-hydrogen) atoms. The van der Waals surface area contributed by atoms with Crippen LogP contribution in [0.1, 0.15) is 32.7 Å². The quantitative estimate of drug-likeness (QED) is 0.728. The lowest BCUT2D eigenvalue weighted by Crippen LogP contribution is -2.39. The normalized spacial score (nSPS) is 21.1. The average molecular weight is 390 g/mol. The summed E-state index contributed by atoms with van der Waals surface area (Å²) < 4.78 is 7.57. The number of hydrogen-bond donors (Lipinski definition) is 2. The first kappa shape index (κ1) is 19.4. The van der Waals surface area contributed by atoms with Crippen molar-refractivity contribution in [3.05, 3.63) is 6.33 Å². The molecule has 1 unspecified atom stereocenters. The van der Waals surface area contributed by atoms with E-state index in [0.717, 1.165) is 81.7 Å². The standard InChI is InChI=1S/C19H31N7O2/c1-14(2)26-18-16(23-19(26)25-6-3-4-15(25)12-27)17(21-13-22-18)20-5-7-24-8-10-28-11-9-24/h13-15,27H,3-12H2,1-2H3,(H,20,21,22). The summed E-state index contributed by atoms with van der Waals surface area (Å²) in [6, 6.07) is 0.344. The van der Waals surface area contributed by atoms with Crippen LogP contribution in [0.15, 0.2) is 6.33 Å². The second kappa shape index (κ2) is 8.59. The van der Waals surface area contributed by atoms with Crippen LogP contribution in [0.3, 0.4) is 0 Å². The second-order valence-corrected chi connectivity index (χ2v) is 7.82. The summed E-state index contributed by atoms with van der Waals surface area (Å²) in [7, 11) is 0. The van der Waals surface area contributed by atoms with E-state index < -0.39 is 0 Å². The van der Waals surface area contributed by atoms with Crippen LogP contribution in [0.25, 0.3) is 11.2 Å². The monoisotopic (exact) mass is 389 g/mol. The summed E-state index contributed by atoms with van der Waals surface area (Å²) in [5, 5.41) is 13.2. The fourth-order valence-electron chi connectivity index (χ4n) is 4.15. The molecule has 9 heteroatoms. The Morgan fingerprint density at radius 2 is 2.07 bits per heavy atom. The molecule has 4 rings (SSSR count). The highest BCUT2D eigenvalue weighted by Gasteiger charge is 2.30. The van der Waals surface area contributed by atoms with E-state index in [0.29, 0.717) is 0 Å². The third-order valence-electron chi connectivity index (χ3n) is 5.64. The zero-order valence-electron chi connectivity index (χ0n) is 16.8. The smallest absolute Gasteiger partial charge is 0.208 e. The number of nitrogens with zero attached hydrogens (tertiary/aromatic N) is 6. The van der Waals surface area contributed by atoms with E-state index in [-0.39, 0.29) is 18.7 Å². The number of nitrogens with one attached hydrogen (secondary N) is 1. The predicted molar refractivity (Wildman–Crippen MR) is 109 cm³/mol. The van der Waals surface area contributed by atoms with Crippen molar-refractivity contribution < 1.29 is 9.84 Å². The Labute approximate surface area is 165 Å². The second-order valence-electron chi connectivity index (χ2n) is 7.82. The number of rotatable bonds is 7. The van der Waals surface area contributed by atoms with E-state index >= 15 is 0 Å². The van der Waals surface area contributed by atoms with Gasteiger partial charge in [0.15, 0.2) is 17.0 Å². The van der Waals surface area contributed by atoms with Crippen molar-refractivity contribution in [3.63, 3.8) is 0 Å². The molecular formula is C19H31N7O2. The van der Waals surface area contributed by atoms with Gasteiger partial charge in [-0.15, -0.1) is 0 Å². The van der Waals surface area contributed by atoms with E-state index in [4.69, 9.17) is 9.72 Å². The Balaban J connectivity index is 1.59. The first-order valence-corrected chi connectivity index (χ1v) is 10.3. The summed E-state index contributed by atoms with van der Waals surface area (Å²) in [5.74, 6) is 1.66. The van der Waals surface area contributed by atoms with Crippen LogP contribution >= 0.6 is 0 Å². The van der Waals surface area contributed by atoms with E-state index in [1.165, 1.54) is 0 Å². The number of aromatic nitrogens is 4. The molecule has 0 aliphatic carbocycles. The molecule has 1 atom stereocenters. The molecule has 0 spiro atoms. The summed E-state index contributed by atoms with van der Waals surface area (Å²) in [6.07, 6.45) is 3.67. The van der Waals surface area contributed by atoms with Crippen molar-refractivity contribution in [2.24, 2.45) is 0 Å². The van der Waals surface area contributed by atoms with Crippen molar-refractivity contribution in [2.75, 3.05) is 62.8 Å². The molecule has 0 bridgehead atoms. The third-order valence-corrected chi connectivity index (χ3v) is 5.64. The highest BCUT2D eigenvalue weighted by molar-refractivity contribution is 5.85. The van der Waals surface area contributed by atoms with Crippen LogP contribution in [0.4, 0.5) is 11.8 Å². The number of imidazole rings is 1. The molecule has 9 nitrogen and oxygen atoms in total. The number of aliphatic hydroxyl groups excluding tert-OH is 1. The predicted octanol–water partition coefficient (Wildman–Crippen LogP) is 1.11. The van der Waals surface area contributed by atoms with Gasteiger partial charge in [-0.3, -0.25) is 9.47 Å². The number of aliphatic hydroxyl groups is 1. The Bertz CT molecular complexity index is 788. The first-order chi connectivity index (χ1) is 13.7. The number of anilines is 2. The zero-order valence-corrected chi connectivity index (χ0v) is 16.8. The van der Waals surface area contributed by atoms with Crippen molar-refractivity contribution >= 4 is 22.9 Å². The van der Waals surface area contributed by atoms with Gasteiger partial charge in [-0.1, -0.05) is 0 Å². The number of hydrogen-bond acceptors (Lipinski definition) is 8. The molecule has 2 N–H and O–H groups in total. The minimum atomic E-state index is 0.125. The van der Waals surface area contributed by atoms with Gasteiger partial charge in [-0.2, -0.15) is 0 Å². The minimum absolute atomic E-state index is 0.125. The highest BCUT2D eigenvalue weighted by atomic mass is 16.5. The van der Waals surface area contributed by atoms with Crippen LogP contribution in [0.5, 0.6) is 0 Å². The molecule has 4 heterocycles. The van der Waals surface area contributed by atoms with Crippen molar-refractivity contribution in [1.29, 1.82) is 0 Å². The Morgan fingerprint density at radius 3 is 2.82 bits per heavy atom. The molecule has 2 aliphatic heterocycles. The fourth-order valence-corrected chi connectivity index (χ4v) is 4.15. The molecule has 2 aromatic heterocycles. The van der Waals surface area contributed by atoms with E-state index in [2.05, 4.69) is 43.5 Å². The summed E-state index contributed by atoms with van der Waals surface area (Å²) >= 11 is 0. The molecule has 0 radical (unpaired) electrons. The van der Waals surface area contributed by atoms with Gasteiger partial charge in [0.1, 0.15) is 6.33 Å². The third kappa shape index (κ3) is 3.78. The molecule has 154 valence electrons. The maximum Gasteiger partial charge on any atom is 0.208 e. The number of ether oxygens (including phenoxy) is 1. The number of morpholine rings is 1. The van der Waals surface area contributed by atoms with Crippen molar-refractivity contribution in [3.8, 4) is 0 Å². The zero-order chi connectivity index (χ0) is 19.5.